The van der Waals surface area contributed by atoms with Gasteiger partial charge in [0.15, 0.2) is 5.79 Å². The maximum absolute atomic E-state index is 9.37. The van der Waals surface area contributed by atoms with Crippen LogP contribution in [0.25, 0.3) is 0 Å². The van der Waals surface area contributed by atoms with Gasteiger partial charge in [-0.1, -0.05) is 0 Å². The zero-order valence-corrected chi connectivity index (χ0v) is 5.17. The van der Waals surface area contributed by atoms with E-state index in [0.29, 0.717) is 19.6 Å². The highest BCUT2D eigenvalue weighted by Gasteiger charge is 2.42. The summed E-state index contributed by atoms with van der Waals surface area (Å²) in [6.07, 6.45) is 1.85. The van der Waals surface area contributed by atoms with E-state index in [4.69, 9.17) is 9.47 Å². The van der Waals surface area contributed by atoms with Gasteiger partial charge in [0, 0.05) is 6.42 Å². The first-order chi connectivity index (χ1) is 4.29. The Morgan fingerprint density at radius 1 is 1.56 bits per heavy atom. The molecule has 2 aliphatic rings. The van der Waals surface area contributed by atoms with Crippen molar-refractivity contribution in [1.82, 2.24) is 0 Å². The third-order valence-electron chi connectivity index (χ3n) is 1.90. The number of ether oxygens (including phenoxy) is 2. The molecule has 2 bridgehead atoms. The lowest BCUT2D eigenvalue weighted by Gasteiger charge is -2.24. The highest BCUT2D eigenvalue weighted by molar-refractivity contribution is 4.83. The van der Waals surface area contributed by atoms with Crippen LogP contribution in [0.3, 0.4) is 0 Å². The Hall–Kier alpha value is -0.120. The second-order valence-corrected chi connectivity index (χ2v) is 2.72. The van der Waals surface area contributed by atoms with Crippen molar-refractivity contribution in [1.29, 1.82) is 0 Å². The largest absolute Gasteiger partial charge is 0.372 e. The smallest absolute Gasteiger partial charge is 0.191 e. The van der Waals surface area contributed by atoms with Gasteiger partial charge in [-0.2, -0.15) is 0 Å². The van der Waals surface area contributed by atoms with Crippen LogP contribution in [0.15, 0.2) is 0 Å². The summed E-state index contributed by atoms with van der Waals surface area (Å²) in [5, 5.41) is 9.37. The van der Waals surface area contributed by atoms with E-state index in [1.807, 2.05) is 0 Å². The van der Waals surface area contributed by atoms with Gasteiger partial charge in [0.1, 0.15) is 6.61 Å². The normalized spacial score (nSPS) is 49.7. The first-order valence-electron chi connectivity index (χ1n) is 3.26. The molecule has 2 heterocycles. The zero-order chi connectivity index (χ0) is 6.32. The molecule has 0 aromatic carbocycles. The Labute approximate surface area is 53.6 Å². The van der Waals surface area contributed by atoms with E-state index in [9.17, 15) is 5.11 Å². The number of hydrogen-bond donors (Lipinski definition) is 1. The fourth-order valence-corrected chi connectivity index (χ4v) is 1.39. The predicted octanol–water partition coefficient (Wildman–Crippen LogP) is -0.116. The minimum absolute atomic E-state index is 0.253. The van der Waals surface area contributed by atoms with Crippen LogP contribution in [0, 0.1) is 0 Å². The average molecular weight is 130 g/mol. The quantitative estimate of drug-likeness (QED) is 0.497. The third-order valence-corrected chi connectivity index (χ3v) is 1.90. The number of hydrogen-bond acceptors (Lipinski definition) is 3. The van der Waals surface area contributed by atoms with Crippen molar-refractivity contribution in [2.45, 2.75) is 24.7 Å². The summed E-state index contributed by atoms with van der Waals surface area (Å²) in [6.45, 7) is 0.999. The Balaban J connectivity index is 2.13. The summed E-state index contributed by atoms with van der Waals surface area (Å²) in [7, 11) is 0. The molecule has 0 aromatic heterocycles. The van der Waals surface area contributed by atoms with Gasteiger partial charge >= 0.3 is 0 Å². The first kappa shape index (κ1) is 5.65. The molecule has 0 spiro atoms. The van der Waals surface area contributed by atoms with Crippen LogP contribution in [0.2, 0.25) is 0 Å². The Bertz CT molecular complexity index is 121. The van der Waals surface area contributed by atoms with Crippen LogP contribution in [0.4, 0.5) is 0 Å². The molecular formula is C6H10O3. The second kappa shape index (κ2) is 1.68. The van der Waals surface area contributed by atoms with Gasteiger partial charge in [-0.05, 0) is 6.42 Å². The zero-order valence-electron chi connectivity index (χ0n) is 5.17. The van der Waals surface area contributed by atoms with Crippen LogP contribution < -0.4 is 0 Å². The third kappa shape index (κ3) is 0.852. The molecular weight excluding hydrogens is 120 g/mol. The van der Waals surface area contributed by atoms with Gasteiger partial charge in [-0.25, -0.2) is 0 Å². The van der Waals surface area contributed by atoms with E-state index < -0.39 is 5.79 Å². The van der Waals surface area contributed by atoms with E-state index in [0.717, 1.165) is 6.42 Å². The van der Waals surface area contributed by atoms with Gasteiger partial charge < -0.3 is 14.6 Å². The van der Waals surface area contributed by atoms with Crippen LogP contribution in [-0.2, 0) is 9.47 Å². The van der Waals surface area contributed by atoms with E-state index in [1.165, 1.54) is 0 Å². The average Bonchev–Trinajstić information content (AvgIpc) is 2.07. The molecule has 2 unspecified atom stereocenters. The van der Waals surface area contributed by atoms with Crippen molar-refractivity contribution in [3.8, 4) is 0 Å². The second-order valence-electron chi connectivity index (χ2n) is 2.72. The Morgan fingerprint density at radius 3 is 3.11 bits per heavy atom. The summed E-state index contributed by atoms with van der Waals surface area (Å²) >= 11 is 0. The molecule has 2 atom stereocenters. The number of rotatable bonds is 0. The van der Waals surface area contributed by atoms with Crippen molar-refractivity contribution >= 4 is 0 Å². The monoisotopic (exact) mass is 130 g/mol. The Kier molecular flexibility index (Phi) is 1.06. The van der Waals surface area contributed by atoms with Crippen LogP contribution >= 0.6 is 0 Å². The first-order valence-corrected chi connectivity index (χ1v) is 3.26. The molecule has 2 saturated heterocycles. The van der Waals surface area contributed by atoms with Crippen molar-refractivity contribution < 1.29 is 14.6 Å². The molecule has 3 heteroatoms. The van der Waals surface area contributed by atoms with Crippen molar-refractivity contribution in [3.05, 3.63) is 0 Å². The highest BCUT2D eigenvalue weighted by Crippen LogP contribution is 2.31. The molecule has 0 aromatic rings. The maximum atomic E-state index is 9.37. The molecule has 0 amide bonds. The lowest BCUT2D eigenvalue weighted by Crippen LogP contribution is -2.36. The van der Waals surface area contributed by atoms with E-state index in [-0.39, 0.29) is 6.10 Å². The number of fused-ring (bicyclic) bond motifs is 2. The molecule has 9 heavy (non-hydrogen) atoms. The molecule has 2 rings (SSSR count). The topological polar surface area (TPSA) is 38.7 Å². The highest BCUT2D eigenvalue weighted by atomic mass is 16.7. The van der Waals surface area contributed by atoms with Crippen molar-refractivity contribution in [2.75, 3.05) is 13.2 Å². The maximum Gasteiger partial charge on any atom is 0.191 e. The van der Waals surface area contributed by atoms with E-state index in [2.05, 4.69) is 0 Å². The lowest BCUT2D eigenvalue weighted by atomic mass is 10.1. The minimum atomic E-state index is -0.928. The molecule has 1 N–H and O–H groups in total. The van der Waals surface area contributed by atoms with Crippen molar-refractivity contribution in [2.24, 2.45) is 0 Å². The van der Waals surface area contributed by atoms with Crippen LogP contribution in [0.5, 0.6) is 0 Å². The fourth-order valence-electron chi connectivity index (χ4n) is 1.39. The lowest BCUT2D eigenvalue weighted by molar-refractivity contribution is -0.203. The molecule has 52 valence electrons. The van der Waals surface area contributed by atoms with Gasteiger partial charge in [-0.15, -0.1) is 0 Å². The molecule has 2 fully saturated rings. The molecule has 0 aliphatic carbocycles. The van der Waals surface area contributed by atoms with Gasteiger partial charge in [0.25, 0.3) is 0 Å². The summed E-state index contributed by atoms with van der Waals surface area (Å²) < 4.78 is 10.3. The molecule has 2 aliphatic heterocycles. The van der Waals surface area contributed by atoms with Crippen LogP contribution in [0.1, 0.15) is 12.8 Å². The van der Waals surface area contributed by atoms with Crippen molar-refractivity contribution in [3.63, 3.8) is 0 Å². The van der Waals surface area contributed by atoms with Crippen LogP contribution in [-0.4, -0.2) is 30.2 Å². The van der Waals surface area contributed by atoms with Gasteiger partial charge in [0.05, 0.1) is 12.7 Å². The molecule has 3 nitrogen and oxygen atoms in total. The van der Waals surface area contributed by atoms with E-state index in [1.54, 1.807) is 0 Å². The summed E-state index contributed by atoms with van der Waals surface area (Å²) in [6, 6.07) is 0. The molecule has 0 radical (unpaired) electrons. The summed E-state index contributed by atoms with van der Waals surface area (Å²) in [5.74, 6) is -0.928. The summed E-state index contributed by atoms with van der Waals surface area (Å²) in [5.41, 5.74) is 0. The SMILES string of the molecule is OC12COC(CCO1)C2. The fraction of sp³-hybridized carbons (Fsp3) is 1.00. The number of aliphatic hydroxyl groups is 1. The van der Waals surface area contributed by atoms with E-state index >= 15 is 0 Å². The van der Waals surface area contributed by atoms with Gasteiger partial charge in [-0.3, -0.25) is 0 Å². The molecule has 0 saturated carbocycles. The predicted molar refractivity (Wildman–Crippen MR) is 29.9 cm³/mol. The Morgan fingerprint density at radius 2 is 2.44 bits per heavy atom. The standard InChI is InChI=1S/C6H10O3/c7-6-3-5(8-4-6)1-2-9-6/h5,7H,1-4H2. The summed E-state index contributed by atoms with van der Waals surface area (Å²) in [4.78, 5) is 0. The minimum Gasteiger partial charge on any atom is -0.372 e. The van der Waals surface area contributed by atoms with Gasteiger partial charge in [0.2, 0.25) is 0 Å².